The summed E-state index contributed by atoms with van der Waals surface area (Å²) in [5.74, 6) is 0.0630. The van der Waals surface area contributed by atoms with E-state index in [2.05, 4.69) is 5.32 Å². The SMILES string of the molecule is O=C1NCC(CO)C1Cc1ccccc1. The van der Waals surface area contributed by atoms with Gasteiger partial charge in [-0.25, -0.2) is 0 Å². The Morgan fingerprint density at radius 2 is 2.07 bits per heavy atom. The van der Waals surface area contributed by atoms with E-state index in [0.29, 0.717) is 6.54 Å². The maximum absolute atomic E-state index is 11.5. The third kappa shape index (κ3) is 2.18. The van der Waals surface area contributed by atoms with Crippen LogP contribution >= 0.6 is 0 Å². The normalized spacial score (nSPS) is 25.3. The Kier molecular flexibility index (Phi) is 3.02. The van der Waals surface area contributed by atoms with Gasteiger partial charge in [-0.2, -0.15) is 0 Å². The average molecular weight is 205 g/mol. The fraction of sp³-hybridized carbons (Fsp3) is 0.417. The number of aliphatic hydroxyl groups excluding tert-OH is 1. The first-order chi connectivity index (χ1) is 7.31. The van der Waals surface area contributed by atoms with Crippen LogP contribution in [0.1, 0.15) is 5.56 Å². The van der Waals surface area contributed by atoms with E-state index in [9.17, 15) is 4.79 Å². The van der Waals surface area contributed by atoms with E-state index in [1.54, 1.807) is 0 Å². The van der Waals surface area contributed by atoms with Crippen molar-refractivity contribution in [3.8, 4) is 0 Å². The predicted octanol–water partition coefficient (Wildman–Crippen LogP) is 0.584. The summed E-state index contributed by atoms with van der Waals surface area (Å²) in [5, 5.41) is 11.9. The molecule has 3 heteroatoms. The molecule has 2 rings (SSSR count). The Balaban J connectivity index is 2.07. The molecule has 3 nitrogen and oxygen atoms in total. The van der Waals surface area contributed by atoms with Crippen molar-refractivity contribution in [2.75, 3.05) is 13.2 Å². The molecule has 2 N–H and O–H groups in total. The van der Waals surface area contributed by atoms with Crippen molar-refractivity contribution in [2.45, 2.75) is 6.42 Å². The number of hydrogen-bond acceptors (Lipinski definition) is 2. The van der Waals surface area contributed by atoms with Crippen molar-refractivity contribution in [1.82, 2.24) is 5.32 Å². The van der Waals surface area contributed by atoms with Gasteiger partial charge >= 0.3 is 0 Å². The summed E-state index contributed by atoms with van der Waals surface area (Å²) in [7, 11) is 0. The van der Waals surface area contributed by atoms with Gasteiger partial charge in [0.25, 0.3) is 0 Å². The predicted molar refractivity (Wildman–Crippen MR) is 57.2 cm³/mol. The lowest BCUT2D eigenvalue weighted by Gasteiger charge is -2.13. The topological polar surface area (TPSA) is 49.3 Å². The van der Waals surface area contributed by atoms with Crippen LogP contribution in [-0.4, -0.2) is 24.2 Å². The molecular weight excluding hydrogens is 190 g/mol. The summed E-state index contributed by atoms with van der Waals surface area (Å²) < 4.78 is 0. The quantitative estimate of drug-likeness (QED) is 0.758. The van der Waals surface area contributed by atoms with Crippen LogP contribution in [-0.2, 0) is 11.2 Å². The number of benzene rings is 1. The first kappa shape index (κ1) is 10.2. The monoisotopic (exact) mass is 205 g/mol. The highest BCUT2D eigenvalue weighted by Gasteiger charge is 2.33. The van der Waals surface area contributed by atoms with Crippen molar-refractivity contribution in [2.24, 2.45) is 11.8 Å². The highest BCUT2D eigenvalue weighted by molar-refractivity contribution is 5.81. The van der Waals surface area contributed by atoms with Gasteiger partial charge in [0.1, 0.15) is 0 Å². The van der Waals surface area contributed by atoms with Gasteiger partial charge in [-0.15, -0.1) is 0 Å². The number of aliphatic hydroxyl groups is 1. The third-order valence-electron chi connectivity index (χ3n) is 2.98. The molecule has 0 radical (unpaired) electrons. The fourth-order valence-corrected chi connectivity index (χ4v) is 2.04. The van der Waals surface area contributed by atoms with E-state index in [4.69, 9.17) is 5.11 Å². The Morgan fingerprint density at radius 3 is 2.73 bits per heavy atom. The van der Waals surface area contributed by atoms with Crippen LogP contribution in [0.5, 0.6) is 0 Å². The maximum Gasteiger partial charge on any atom is 0.223 e. The van der Waals surface area contributed by atoms with Crippen LogP contribution in [0, 0.1) is 11.8 Å². The molecule has 0 aromatic heterocycles. The highest BCUT2D eigenvalue weighted by Crippen LogP contribution is 2.21. The summed E-state index contributed by atoms with van der Waals surface area (Å²) in [5.41, 5.74) is 1.15. The molecule has 80 valence electrons. The van der Waals surface area contributed by atoms with Crippen molar-refractivity contribution in [3.05, 3.63) is 35.9 Å². The first-order valence-electron chi connectivity index (χ1n) is 5.23. The van der Waals surface area contributed by atoms with E-state index in [1.165, 1.54) is 0 Å². The Bertz CT molecular complexity index is 337. The second-order valence-electron chi connectivity index (χ2n) is 3.98. The lowest BCUT2D eigenvalue weighted by Crippen LogP contribution is -2.22. The van der Waals surface area contributed by atoms with Crippen LogP contribution in [0.3, 0.4) is 0 Å². The molecule has 1 fully saturated rings. The van der Waals surface area contributed by atoms with Crippen LogP contribution in [0.15, 0.2) is 30.3 Å². The fourth-order valence-electron chi connectivity index (χ4n) is 2.04. The molecular formula is C12H15NO2. The molecule has 0 spiro atoms. The molecule has 2 atom stereocenters. The average Bonchev–Trinajstić information content (AvgIpc) is 2.62. The molecule has 0 aliphatic carbocycles. The van der Waals surface area contributed by atoms with Gasteiger partial charge in [-0.3, -0.25) is 4.79 Å². The standard InChI is InChI=1S/C12H15NO2/c14-8-10-7-13-12(15)11(10)6-9-4-2-1-3-5-9/h1-5,10-11,14H,6-8H2,(H,13,15). The maximum atomic E-state index is 11.5. The molecule has 1 aromatic rings. The smallest absolute Gasteiger partial charge is 0.223 e. The molecule has 1 amide bonds. The molecule has 1 aromatic carbocycles. The molecule has 1 heterocycles. The number of rotatable bonds is 3. The van der Waals surface area contributed by atoms with Crippen LogP contribution in [0.4, 0.5) is 0 Å². The first-order valence-corrected chi connectivity index (χ1v) is 5.23. The van der Waals surface area contributed by atoms with Crippen molar-refractivity contribution in [3.63, 3.8) is 0 Å². The number of hydrogen-bond donors (Lipinski definition) is 2. The summed E-state index contributed by atoms with van der Waals surface area (Å²) in [6, 6.07) is 9.92. The minimum absolute atomic E-state index is 0.0673. The van der Waals surface area contributed by atoms with E-state index in [1.807, 2.05) is 30.3 Å². The Hall–Kier alpha value is -1.35. The zero-order valence-electron chi connectivity index (χ0n) is 8.52. The van der Waals surface area contributed by atoms with Crippen LogP contribution < -0.4 is 5.32 Å². The minimum Gasteiger partial charge on any atom is -0.396 e. The Morgan fingerprint density at radius 1 is 1.33 bits per heavy atom. The molecule has 0 bridgehead atoms. The molecule has 15 heavy (non-hydrogen) atoms. The second kappa shape index (κ2) is 4.45. The van der Waals surface area contributed by atoms with Gasteiger partial charge in [-0.05, 0) is 12.0 Å². The van der Waals surface area contributed by atoms with E-state index >= 15 is 0 Å². The van der Waals surface area contributed by atoms with Gasteiger partial charge < -0.3 is 10.4 Å². The summed E-state index contributed by atoms with van der Waals surface area (Å²) in [6.07, 6.45) is 0.720. The van der Waals surface area contributed by atoms with Crippen LogP contribution in [0.2, 0.25) is 0 Å². The Labute approximate surface area is 89.1 Å². The lowest BCUT2D eigenvalue weighted by atomic mass is 9.90. The highest BCUT2D eigenvalue weighted by atomic mass is 16.3. The molecule has 1 aliphatic rings. The van der Waals surface area contributed by atoms with E-state index < -0.39 is 0 Å². The molecule has 0 saturated carbocycles. The van der Waals surface area contributed by atoms with Crippen molar-refractivity contribution >= 4 is 5.91 Å². The van der Waals surface area contributed by atoms with E-state index in [0.717, 1.165) is 12.0 Å². The number of amides is 1. The van der Waals surface area contributed by atoms with Gasteiger partial charge in [-0.1, -0.05) is 30.3 Å². The van der Waals surface area contributed by atoms with Gasteiger partial charge in [0.2, 0.25) is 5.91 Å². The summed E-state index contributed by atoms with van der Waals surface area (Å²) in [6.45, 7) is 0.684. The minimum atomic E-state index is -0.0719. The summed E-state index contributed by atoms with van der Waals surface area (Å²) >= 11 is 0. The van der Waals surface area contributed by atoms with Gasteiger partial charge in [0.15, 0.2) is 0 Å². The summed E-state index contributed by atoms with van der Waals surface area (Å²) in [4.78, 5) is 11.5. The number of nitrogens with one attached hydrogen (secondary N) is 1. The largest absolute Gasteiger partial charge is 0.396 e. The number of carbonyl (C=O) groups is 1. The zero-order chi connectivity index (χ0) is 10.7. The second-order valence-corrected chi connectivity index (χ2v) is 3.98. The van der Waals surface area contributed by atoms with Crippen molar-refractivity contribution < 1.29 is 9.90 Å². The molecule has 1 aliphatic heterocycles. The zero-order valence-corrected chi connectivity index (χ0v) is 8.52. The number of carbonyl (C=O) groups excluding carboxylic acids is 1. The molecule has 1 saturated heterocycles. The van der Waals surface area contributed by atoms with Crippen LogP contribution in [0.25, 0.3) is 0 Å². The van der Waals surface area contributed by atoms with Gasteiger partial charge in [0, 0.05) is 25.0 Å². The third-order valence-corrected chi connectivity index (χ3v) is 2.98. The van der Waals surface area contributed by atoms with E-state index in [-0.39, 0.29) is 24.3 Å². The van der Waals surface area contributed by atoms with Crippen molar-refractivity contribution in [1.29, 1.82) is 0 Å². The lowest BCUT2D eigenvalue weighted by molar-refractivity contribution is -0.123. The molecule has 2 unspecified atom stereocenters. The van der Waals surface area contributed by atoms with Gasteiger partial charge in [0.05, 0.1) is 0 Å².